The van der Waals surface area contributed by atoms with Crippen LogP contribution in [0.25, 0.3) is 88.4 Å². The second-order valence-electron chi connectivity index (χ2n) is 15.9. The number of aryl methyl sites for hydroxylation is 4. The number of nitriles is 1. The van der Waals surface area contributed by atoms with Crippen molar-refractivity contribution in [3.05, 3.63) is 191 Å². The predicted molar refractivity (Wildman–Crippen MR) is 240 cm³/mol. The summed E-state index contributed by atoms with van der Waals surface area (Å²) >= 11 is 0. The molecule has 0 spiro atoms. The molecule has 6 heteroatoms. The molecule has 60 heavy (non-hydrogen) atoms. The Morgan fingerprint density at radius 2 is 0.900 bits per heavy atom. The van der Waals surface area contributed by atoms with E-state index >= 15 is 13.2 Å². The summed E-state index contributed by atoms with van der Waals surface area (Å²) in [7, 11) is 0. The molecule has 8 aromatic carbocycles. The molecule has 0 saturated heterocycles. The van der Waals surface area contributed by atoms with Gasteiger partial charge in [-0.05, 0) is 109 Å². The maximum atomic E-state index is 15.4. The lowest BCUT2D eigenvalue weighted by atomic mass is 9.93. The lowest BCUT2D eigenvalue weighted by Gasteiger charge is -2.23. The van der Waals surface area contributed by atoms with Gasteiger partial charge in [0, 0.05) is 27.1 Å². The van der Waals surface area contributed by atoms with Crippen LogP contribution in [0, 0.1) is 39.0 Å². The van der Waals surface area contributed by atoms with E-state index in [0.29, 0.717) is 22.5 Å². The SMILES string of the molecule is Cc1ccc(-c2ccc3c4ccccc4n(-c4cc(C#N)cc(-n5c6ccccc6c6ccc(-c7ccc(C)cc7C)cc65)c4-c4ccccc4C(F)(F)F)c3c2)c(C)c1. The van der Waals surface area contributed by atoms with Crippen molar-refractivity contribution in [3.8, 4) is 50.8 Å². The van der Waals surface area contributed by atoms with Gasteiger partial charge >= 0.3 is 6.18 Å². The number of nitrogens with zero attached hydrogens (tertiary/aromatic N) is 3. The first-order valence-corrected chi connectivity index (χ1v) is 20.0. The fourth-order valence-electron chi connectivity index (χ4n) is 9.32. The molecule has 10 rings (SSSR count). The third kappa shape index (κ3) is 5.88. The lowest BCUT2D eigenvalue weighted by Crippen LogP contribution is -2.11. The second kappa shape index (κ2) is 13.9. The van der Waals surface area contributed by atoms with Crippen LogP contribution in [0.1, 0.15) is 33.4 Å². The monoisotopic (exact) mass is 785 g/mol. The second-order valence-corrected chi connectivity index (χ2v) is 15.9. The van der Waals surface area contributed by atoms with Gasteiger partial charge in [-0.25, -0.2) is 0 Å². The Bertz CT molecular complexity index is 3240. The summed E-state index contributed by atoms with van der Waals surface area (Å²) in [5.74, 6) is 0. The number of benzene rings is 8. The predicted octanol–water partition coefficient (Wildman–Crippen LogP) is 15.0. The van der Waals surface area contributed by atoms with Gasteiger partial charge in [0.05, 0.1) is 50.6 Å². The number of rotatable bonds is 5. The Labute approximate surface area is 345 Å². The van der Waals surface area contributed by atoms with Crippen molar-refractivity contribution in [3.63, 3.8) is 0 Å². The van der Waals surface area contributed by atoms with Gasteiger partial charge in [0.2, 0.25) is 0 Å². The molecule has 290 valence electrons. The molecule has 10 aromatic rings. The first kappa shape index (κ1) is 36.9. The van der Waals surface area contributed by atoms with Crippen LogP contribution < -0.4 is 0 Å². The van der Waals surface area contributed by atoms with E-state index in [1.807, 2.05) is 48.5 Å². The van der Waals surface area contributed by atoms with Crippen LogP contribution in [0.3, 0.4) is 0 Å². The van der Waals surface area contributed by atoms with Crippen molar-refractivity contribution in [2.45, 2.75) is 33.9 Å². The largest absolute Gasteiger partial charge is 0.417 e. The van der Waals surface area contributed by atoms with E-state index in [4.69, 9.17) is 0 Å². The summed E-state index contributed by atoms with van der Waals surface area (Å²) in [5, 5.41) is 14.6. The molecular formula is C54H38F3N3. The molecule has 0 radical (unpaired) electrons. The molecule has 0 fully saturated rings. The topological polar surface area (TPSA) is 33.6 Å². The molecule has 0 aliphatic heterocycles. The highest BCUT2D eigenvalue weighted by molar-refractivity contribution is 6.13. The Morgan fingerprint density at radius 3 is 1.37 bits per heavy atom. The maximum absolute atomic E-state index is 15.4. The summed E-state index contributed by atoms with van der Waals surface area (Å²) < 4.78 is 50.3. The zero-order valence-electron chi connectivity index (χ0n) is 33.5. The number of hydrogen-bond acceptors (Lipinski definition) is 1. The number of hydrogen-bond donors (Lipinski definition) is 0. The van der Waals surface area contributed by atoms with Gasteiger partial charge in [-0.2, -0.15) is 18.4 Å². The van der Waals surface area contributed by atoms with Gasteiger partial charge in [0.15, 0.2) is 0 Å². The number of para-hydroxylation sites is 2. The summed E-state index contributed by atoms with van der Waals surface area (Å²) in [6.45, 7) is 8.32. The average molecular weight is 786 g/mol. The van der Waals surface area contributed by atoms with Gasteiger partial charge in [0.1, 0.15) is 0 Å². The van der Waals surface area contributed by atoms with Gasteiger partial charge in [-0.15, -0.1) is 0 Å². The van der Waals surface area contributed by atoms with Crippen molar-refractivity contribution in [1.29, 1.82) is 5.26 Å². The molecule has 0 atom stereocenters. The van der Waals surface area contributed by atoms with Crippen LogP contribution >= 0.6 is 0 Å². The zero-order valence-corrected chi connectivity index (χ0v) is 33.5. The standard InChI is InChI=1S/C54H38F3N3/c1-32-17-21-39(34(3)25-32)37-19-23-43-41-11-6-9-15-47(41)59(49(43)29-37)51-27-36(31-58)28-52(53(51)45-13-5-8-14-46(45)54(55,56)57)60-48-16-10-7-12-42(48)44-24-20-38(30-50(44)60)40-22-18-33(2)26-35(40)4/h5-30H,1-4H3. The molecule has 0 bridgehead atoms. The number of halogens is 3. The fraction of sp³-hybridized carbons (Fsp3) is 0.0926. The Morgan fingerprint density at radius 1 is 0.450 bits per heavy atom. The minimum Gasteiger partial charge on any atom is -0.308 e. The third-order valence-electron chi connectivity index (χ3n) is 11.9. The van der Waals surface area contributed by atoms with Crippen LogP contribution in [0.4, 0.5) is 13.2 Å². The van der Waals surface area contributed by atoms with E-state index in [0.717, 1.165) is 94.2 Å². The van der Waals surface area contributed by atoms with Gasteiger partial charge in [-0.1, -0.05) is 126 Å². The molecular weight excluding hydrogens is 748 g/mol. The van der Waals surface area contributed by atoms with E-state index in [1.54, 1.807) is 24.3 Å². The summed E-state index contributed by atoms with van der Waals surface area (Å²) in [6, 6.07) is 53.0. The van der Waals surface area contributed by atoms with Crippen LogP contribution in [-0.4, -0.2) is 9.13 Å². The zero-order chi connectivity index (χ0) is 41.4. The van der Waals surface area contributed by atoms with Crippen molar-refractivity contribution in [1.82, 2.24) is 9.13 Å². The fourth-order valence-corrected chi connectivity index (χ4v) is 9.32. The molecule has 3 nitrogen and oxygen atoms in total. The first-order valence-electron chi connectivity index (χ1n) is 20.0. The summed E-state index contributed by atoms with van der Waals surface area (Å²) in [6.07, 6.45) is -4.67. The molecule has 0 aliphatic carbocycles. The molecule has 0 unspecified atom stereocenters. The van der Waals surface area contributed by atoms with E-state index in [-0.39, 0.29) is 5.56 Å². The van der Waals surface area contributed by atoms with Crippen molar-refractivity contribution in [2.24, 2.45) is 0 Å². The smallest absolute Gasteiger partial charge is 0.308 e. The van der Waals surface area contributed by atoms with Crippen LogP contribution in [-0.2, 0) is 6.18 Å². The lowest BCUT2D eigenvalue weighted by molar-refractivity contribution is -0.137. The Hall–Kier alpha value is -7.36. The number of aromatic nitrogens is 2. The van der Waals surface area contributed by atoms with Crippen LogP contribution in [0.15, 0.2) is 158 Å². The molecule has 2 aromatic heterocycles. The number of alkyl halides is 3. The quantitative estimate of drug-likeness (QED) is 0.171. The first-order chi connectivity index (χ1) is 29.0. The van der Waals surface area contributed by atoms with Crippen molar-refractivity contribution in [2.75, 3.05) is 0 Å². The van der Waals surface area contributed by atoms with E-state index in [9.17, 15) is 5.26 Å². The van der Waals surface area contributed by atoms with Gasteiger partial charge < -0.3 is 9.13 Å². The highest BCUT2D eigenvalue weighted by Gasteiger charge is 2.35. The summed E-state index contributed by atoms with van der Waals surface area (Å²) in [5.41, 5.74) is 12.8. The van der Waals surface area contributed by atoms with Gasteiger partial charge in [0.25, 0.3) is 0 Å². The van der Waals surface area contributed by atoms with Gasteiger partial charge in [-0.3, -0.25) is 0 Å². The van der Waals surface area contributed by atoms with Crippen molar-refractivity contribution >= 4 is 43.6 Å². The maximum Gasteiger partial charge on any atom is 0.417 e. The highest BCUT2D eigenvalue weighted by Crippen LogP contribution is 2.47. The van der Waals surface area contributed by atoms with E-state index in [2.05, 4.69) is 116 Å². The Kier molecular flexibility index (Phi) is 8.55. The normalized spacial score (nSPS) is 11.9. The minimum atomic E-state index is -4.67. The summed E-state index contributed by atoms with van der Waals surface area (Å²) in [4.78, 5) is 0. The van der Waals surface area contributed by atoms with Crippen LogP contribution in [0.5, 0.6) is 0 Å². The molecule has 0 amide bonds. The molecule has 2 heterocycles. The average Bonchev–Trinajstić information content (AvgIpc) is 3.75. The van der Waals surface area contributed by atoms with Crippen LogP contribution in [0.2, 0.25) is 0 Å². The highest BCUT2D eigenvalue weighted by atomic mass is 19.4. The minimum absolute atomic E-state index is 0.0208. The molecule has 0 aliphatic rings. The Balaban J connectivity index is 1.39. The van der Waals surface area contributed by atoms with E-state index < -0.39 is 11.7 Å². The number of fused-ring (bicyclic) bond motifs is 6. The molecule has 0 N–H and O–H groups in total. The molecule has 0 saturated carbocycles. The van der Waals surface area contributed by atoms with Crippen molar-refractivity contribution < 1.29 is 13.2 Å². The van der Waals surface area contributed by atoms with E-state index in [1.165, 1.54) is 6.07 Å². The third-order valence-corrected chi connectivity index (χ3v) is 11.9.